The minimum atomic E-state index is -0.00546. The molecule has 2 heterocycles. The summed E-state index contributed by atoms with van der Waals surface area (Å²) in [5.74, 6) is 0.776. The van der Waals surface area contributed by atoms with Crippen molar-refractivity contribution in [2.24, 2.45) is 0 Å². The molecule has 3 rings (SSSR count). The zero-order chi connectivity index (χ0) is 12.5. The van der Waals surface area contributed by atoms with Gasteiger partial charge >= 0.3 is 0 Å². The Bertz CT molecular complexity index is 663. The topological polar surface area (TPSA) is 55.2 Å². The van der Waals surface area contributed by atoms with Crippen LogP contribution in [0.2, 0.25) is 0 Å². The van der Waals surface area contributed by atoms with Crippen LogP contribution >= 0.6 is 0 Å². The summed E-state index contributed by atoms with van der Waals surface area (Å²) in [5.41, 5.74) is 2.44. The molecular formula is C14H12N2O2. The van der Waals surface area contributed by atoms with Crippen molar-refractivity contribution >= 4 is 21.8 Å². The monoisotopic (exact) mass is 240 g/mol. The lowest BCUT2D eigenvalue weighted by molar-refractivity contribution is 0.283. The number of rotatable bonds is 2. The molecule has 0 amide bonds. The Balaban J connectivity index is 2.47. The molecule has 90 valence electrons. The zero-order valence-corrected chi connectivity index (χ0v) is 9.92. The fourth-order valence-corrected chi connectivity index (χ4v) is 2.18. The molecule has 4 nitrogen and oxygen atoms in total. The minimum Gasteiger partial charge on any atom is -0.496 e. The number of hydrogen-bond acceptors (Lipinski definition) is 4. The third-order valence-electron chi connectivity index (χ3n) is 3.06. The fourth-order valence-electron chi connectivity index (χ4n) is 2.18. The fraction of sp³-hybridized carbons (Fsp3) is 0.143. The Labute approximate surface area is 104 Å². The van der Waals surface area contributed by atoms with Crippen LogP contribution in [0.1, 0.15) is 5.56 Å². The van der Waals surface area contributed by atoms with E-state index in [9.17, 15) is 5.11 Å². The van der Waals surface area contributed by atoms with Crippen LogP contribution in [-0.4, -0.2) is 22.2 Å². The second kappa shape index (κ2) is 4.23. The quantitative estimate of drug-likeness (QED) is 0.698. The second-order valence-corrected chi connectivity index (χ2v) is 4.00. The number of pyridine rings is 2. The van der Waals surface area contributed by atoms with E-state index >= 15 is 0 Å². The molecule has 0 fully saturated rings. The molecule has 1 N–H and O–H groups in total. The Morgan fingerprint density at radius 3 is 2.39 bits per heavy atom. The van der Waals surface area contributed by atoms with E-state index in [-0.39, 0.29) is 6.61 Å². The molecule has 0 aliphatic heterocycles. The third-order valence-corrected chi connectivity index (χ3v) is 3.06. The molecular weight excluding hydrogens is 228 g/mol. The Hall–Kier alpha value is -2.20. The molecule has 2 aromatic heterocycles. The van der Waals surface area contributed by atoms with Crippen molar-refractivity contribution in [3.05, 3.63) is 42.2 Å². The van der Waals surface area contributed by atoms with Gasteiger partial charge in [-0.15, -0.1) is 0 Å². The normalized spacial score (nSPS) is 11.0. The van der Waals surface area contributed by atoms with E-state index in [1.807, 2.05) is 24.3 Å². The van der Waals surface area contributed by atoms with Gasteiger partial charge in [0, 0.05) is 23.2 Å². The number of benzene rings is 1. The van der Waals surface area contributed by atoms with E-state index in [0.717, 1.165) is 33.1 Å². The predicted octanol–water partition coefficient (Wildman–Crippen LogP) is 2.28. The summed E-state index contributed by atoms with van der Waals surface area (Å²) in [6.07, 6.45) is 3.39. The minimum absolute atomic E-state index is 0.00546. The van der Waals surface area contributed by atoms with Gasteiger partial charge in [0.2, 0.25) is 0 Å². The maximum absolute atomic E-state index is 9.34. The largest absolute Gasteiger partial charge is 0.496 e. The average Bonchev–Trinajstić information content (AvgIpc) is 2.45. The first-order valence-corrected chi connectivity index (χ1v) is 5.65. The summed E-state index contributed by atoms with van der Waals surface area (Å²) in [5, 5.41) is 11.2. The molecule has 3 aromatic rings. The van der Waals surface area contributed by atoms with Crippen LogP contribution < -0.4 is 4.74 Å². The number of aliphatic hydroxyl groups is 1. The maximum Gasteiger partial charge on any atom is 0.129 e. The molecule has 0 saturated heterocycles. The van der Waals surface area contributed by atoms with Gasteiger partial charge in [0.05, 0.1) is 19.2 Å². The molecule has 0 bridgehead atoms. The van der Waals surface area contributed by atoms with Crippen molar-refractivity contribution in [2.45, 2.75) is 6.61 Å². The first-order valence-electron chi connectivity index (χ1n) is 5.65. The van der Waals surface area contributed by atoms with Gasteiger partial charge in [0.25, 0.3) is 0 Å². The highest BCUT2D eigenvalue weighted by Gasteiger charge is 2.09. The Morgan fingerprint density at radius 2 is 1.67 bits per heavy atom. The number of ether oxygens (including phenoxy) is 1. The Kier molecular flexibility index (Phi) is 2.57. The standard InChI is InChI=1S/C14H12N2O2/c1-18-12-5-7-16-14-11(12)3-2-10-9(8-17)4-6-15-13(10)14/h2-7,17H,8H2,1H3. The van der Waals surface area contributed by atoms with E-state index < -0.39 is 0 Å². The van der Waals surface area contributed by atoms with Crippen LogP contribution in [0.4, 0.5) is 0 Å². The summed E-state index contributed by atoms with van der Waals surface area (Å²) >= 11 is 0. The molecule has 18 heavy (non-hydrogen) atoms. The van der Waals surface area contributed by atoms with E-state index in [1.54, 1.807) is 19.5 Å². The number of aliphatic hydroxyl groups excluding tert-OH is 1. The van der Waals surface area contributed by atoms with Crippen molar-refractivity contribution in [1.82, 2.24) is 9.97 Å². The maximum atomic E-state index is 9.34. The van der Waals surface area contributed by atoms with Crippen molar-refractivity contribution in [1.29, 1.82) is 0 Å². The molecule has 0 atom stereocenters. The van der Waals surface area contributed by atoms with Crippen molar-refractivity contribution in [2.75, 3.05) is 7.11 Å². The summed E-state index contributed by atoms with van der Waals surface area (Å²) in [6, 6.07) is 7.53. The Morgan fingerprint density at radius 1 is 1.00 bits per heavy atom. The van der Waals surface area contributed by atoms with Crippen molar-refractivity contribution < 1.29 is 9.84 Å². The smallest absolute Gasteiger partial charge is 0.129 e. The van der Waals surface area contributed by atoms with Gasteiger partial charge in [-0.25, -0.2) is 0 Å². The number of methoxy groups -OCH3 is 1. The SMILES string of the molecule is COc1ccnc2c1ccc1c(CO)ccnc12. The van der Waals surface area contributed by atoms with Gasteiger partial charge in [-0.05, 0) is 23.8 Å². The number of hydrogen-bond donors (Lipinski definition) is 1. The van der Waals surface area contributed by atoms with Crippen LogP contribution in [0.15, 0.2) is 36.7 Å². The average molecular weight is 240 g/mol. The molecule has 0 radical (unpaired) electrons. The van der Waals surface area contributed by atoms with Gasteiger partial charge < -0.3 is 9.84 Å². The first kappa shape index (κ1) is 10.9. The van der Waals surface area contributed by atoms with Gasteiger partial charge in [0.15, 0.2) is 0 Å². The molecule has 0 aliphatic carbocycles. The summed E-state index contributed by atoms with van der Waals surface area (Å²) in [4.78, 5) is 8.73. The molecule has 0 aliphatic rings. The van der Waals surface area contributed by atoms with Gasteiger partial charge in [0.1, 0.15) is 11.3 Å². The molecule has 0 saturated carbocycles. The van der Waals surface area contributed by atoms with E-state index in [0.29, 0.717) is 0 Å². The number of nitrogens with zero attached hydrogens (tertiary/aromatic N) is 2. The van der Waals surface area contributed by atoms with Gasteiger partial charge in [-0.2, -0.15) is 0 Å². The van der Waals surface area contributed by atoms with Crippen molar-refractivity contribution in [3.63, 3.8) is 0 Å². The summed E-state index contributed by atoms with van der Waals surface area (Å²) < 4.78 is 5.32. The molecule has 0 unspecified atom stereocenters. The van der Waals surface area contributed by atoms with E-state index in [4.69, 9.17) is 4.74 Å². The van der Waals surface area contributed by atoms with E-state index in [1.165, 1.54) is 0 Å². The van der Waals surface area contributed by atoms with Crippen molar-refractivity contribution in [3.8, 4) is 5.75 Å². The highest BCUT2D eigenvalue weighted by Crippen LogP contribution is 2.29. The first-order chi connectivity index (χ1) is 8.85. The van der Waals surface area contributed by atoms with Gasteiger partial charge in [-0.3, -0.25) is 9.97 Å². The van der Waals surface area contributed by atoms with Crippen LogP contribution in [-0.2, 0) is 6.61 Å². The lowest BCUT2D eigenvalue weighted by atomic mass is 10.1. The summed E-state index contributed by atoms with van der Waals surface area (Å²) in [7, 11) is 1.64. The molecule has 1 aromatic carbocycles. The molecule has 4 heteroatoms. The van der Waals surface area contributed by atoms with Crippen LogP contribution in [0, 0.1) is 0 Å². The predicted molar refractivity (Wildman–Crippen MR) is 69.5 cm³/mol. The highest BCUT2D eigenvalue weighted by atomic mass is 16.5. The highest BCUT2D eigenvalue weighted by molar-refractivity contribution is 6.05. The second-order valence-electron chi connectivity index (χ2n) is 4.00. The molecule has 0 spiro atoms. The summed E-state index contributed by atoms with van der Waals surface area (Å²) in [6.45, 7) is -0.00546. The van der Waals surface area contributed by atoms with Crippen LogP contribution in [0.5, 0.6) is 5.75 Å². The third kappa shape index (κ3) is 1.50. The lowest BCUT2D eigenvalue weighted by Gasteiger charge is -2.08. The van der Waals surface area contributed by atoms with Gasteiger partial charge in [-0.1, -0.05) is 6.07 Å². The lowest BCUT2D eigenvalue weighted by Crippen LogP contribution is -1.92. The number of aromatic nitrogens is 2. The zero-order valence-electron chi connectivity index (χ0n) is 9.92. The number of fused-ring (bicyclic) bond motifs is 3. The van der Waals surface area contributed by atoms with Crippen LogP contribution in [0.25, 0.3) is 21.8 Å². The van der Waals surface area contributed by atoms with E-state index in [2.05, 4.69) is 9.97 Å². The van der Waals surface area contributed by atoms with Crippen LogP contribution in [0.3, 0.4) is 0 Å².